The molecule has 0 aliphatic heterocycles. The smallest absolute Gasteiger partial charge is 0.255 e. The van der Waals surface area contributed by atoms with Crippen molar-refractivity contribution in [2.45, 2.75) is 26.9 Å². The van der Waals surface area contributed by atoms with Gasteiger partial charge in [0.05, 0.1) is 12.2 Å². The lowest BCUT2D eigenvalue weighted by Crippen LogP contribution is -2.36. The zero-order chi connectivity index (χ0) is 18.2. The maximum absolute atomic E-state index is 10.8. The number of ether oxygens (including phenoxy) is 1. The summed E-state index contributed by atoms with van der Waals surface area (Å²) in [4.78, 5) is 19.2. The van der Waals surface area contributed by atoms with Crippen molar-refractivity contribution in [1.82, 2.24) is 15.6 Å². The molecule has 0 bridgehead atoms. The van der Waals surface area contributed by atoms with Crippen LogP contribution in [0.5, 0.6) is 5.75 Å². The number of nitrogens with zero attached hydrogens (tertiary/aromatic N) is 2. The summed E-state index contributed by atoms with van der Waals surface area (Å²) in [5.74, 6) is 2.13. The largest absolute Gasteiger partial charge is 0.484 e. The molecule has 1 amide bonds. The van der Waals surface area contributed by atoms with Crippen LogP contribution in [0.4, 0.5) is 0 Å². The number of aromatic nitrogens is 1. The lowest BCUT2D eigenvalue weighted by Gasteiger charge is -2.11. The first kappa shape index (κ1) is 18.3. The number of nitrogens with two attached hydrogens (primary N) is 1. The first-order chi connectivity index (χ1) is 12.0. The molecule has 25 heavy (non-hydrogen) atoms. The van der Waals surface area contributed by atoms with Crippen molar-refractivity contribution < 1.29 is 13.9 Å². The number of nitrogens with one attached hydrogen (secondary N) is 2. The molecule has 0 saturated carbocycles. The van der Waals surface area contributed by atoms with E-state index in [9.17, 15) is 4.79 Å². The third-order valence-electron chi connectivity index (χ3n) is 3.44. The average molecular weight is 345 g/mol. The molecule has 0 aliphatic rings. The van der Waals surface area contributed by atoms with Crippen molar-refractivity contribution in [3.05, 3.63) is 47.2 Å². The molecule has 0 unspecified atom stereocenters. The van der Waals surface area contributed by atoms with Gasteiger partial charge in [-0.25, -0.2) is 4.98 Å². The molecule has 1 aromatic carbocycles. The molecule has 0 saturated heterocycles. The quantitative estimate of drug-likeness (QED) is 0.510. The molecule has 1 aromatic heterocycles. The standard InChI is InChI=1S/C17H23N5O3/c1-11-12(2)25-16(22-11)9-21-17(19-3)20-8-13-5-4-6-14(7-13)24-10-15(18)23/h4-7H,8-10H2,1-3H3,(H2,18,23)(H2,19,20,21). The molecule has 0 atom stereocenters. The number of primary amides is 1. The van der Waals surface area contributed by atoms with Gasteiger partial charge in [0, 0.05) is 13.6 Å². The number of guanidine groups is 1. The van der Waals surface area contributed by atoms with E-state index in [2.05, 4.69) is 20.6 Å². The van der Waals surface area contributed by atoms with Crippen LogP contribution < -0.4 is 21.1 Å². The summed E-state index contributed by atoms with van der Waals surface area (Å²) in [6, 6.07) is 7.40. The number of aryl methyl sites for hydroxylation is 2. The van der Waals surface area contributed by atoms with Crippen molar-refractivity contribution in [3.63, 3.8) is 0 Å². The summed E-state index contributed by atoms with van der Waals surface area (Å²) >= 11 is 0. The second-order valence-corrected chi connectivity index (χ2v) is 5.43. The number of benzene rings is 1. The Morgan fingerprint density at radius 1 is 1.32 bits per heavy atom. The van der Waals surface area contributed by atoms with E-state index >= 15 is 0 Å². The van der Waals surface area contributed by atoms with Crippen LogP contribution >= 0.6 is 0 Å². The van der Waals surface area contributed by atoms with Crippen LogP contribution in [0.25, 0.3) is 0 Å². The van der Waals surface area contributed by atoms with E-state index in [0.717, 1.165) is 17.0 Å². The van der Waals surface area contributed by atoms with Gasteiger partial charge in [-0.15, -0.1) is 0 Å². The van der Waals surface area contributed by atoms with Gasteiger partial charge in [0.25, 0.3) is 5.91 Å². The number of carbonyl (C=O) groups is 1. The van der Waals surface area contributed by atoms with Crippen LogP contribution in [0.2, 0.25) is 0 Å². The van der Waals surface area contributed by atoms with Crippen molar-refractivity contribution in [2.75, 3.05) is 13.7 Å². The molecular weight excluding hydrogens is 322 g/mol. The minimum Gasteiger partial charge on any atom is -0.484 e. The normalized spacial score (nSPS) is 11.2. The van der Waals surface area contributed by atoms with Crippen LogP contribution in [-0.4, -0.2) is 30.5 Å². The fourth-order valence-corrected chi connectivity index (χ4v) is 2.08. The molecule has 0 spiro atoms. The Morgan fingerprint density at radius 2 is 2.08 bits per heavy atom. The summed E-state index contributed by atoms with van der Waals surface area (Å²) in [7, 11) is 1.69. The molecule has 8 nitrogen and oxygen atoms in total. The minimum atomic E-state index is -0.509. The second kappa shape index (κ2) is 8.72. The fraction of sp³-hybridized carbons (Fsp3) is 0.353. The minimum absolute atomic E-state index is 0.144. The molecule has 0 aliphatic carbocycles. The van der Waals surface area contributed by atoms with Crippen LogP contribution in [0.15, 0.2) is 33.7 Å². The third-order valence-corrected chi connectivity index (χ3v) is 3.44. The molecule has 0 radical (unpaired) electrons. The number of carbonyl (C=O) groups excluding carboxylic acids is 1. The molecule has 8 heteroatoms. The van der Waals surface area contributed by atoms with Crippen molar-refractivity contribution >= 4 is 11.9 Å². The summed E-state index contributed by atoms with van der Waals surface area (Å²) in [6.45, 7) is 4.62. The Kier molecular flexibility index (Phi) is 6.39. The predicted molar refractivity (Wildman–Crippen MR) is 94.1 cm³/mol. The van der Waals surface area contributed by atoms with Gasteiger partial charge in [-0.05, 0) is 31.5 Å². The van der Waals surface area contributed by atoms with Crippen molar-refractivity contribution in [3.8, 4) is 5.75 Å². The van der Waals surface area contributed by atoms with E-state index in [1.807, 2.05) is 32.0 Å². The molecule has 0 fully saturated rings. The fourth-order valence-electron chi connectivity index (χ4n) is 2.08. The zero-order valence-electron chi connectivity index (χ0n) is 14.6. The molecule has 134 valence electrons. The second-order valence-electron chi connectivity index (χ2n) is 5.43. The molecule has 4 N–H and O–H groups in total. The van der Waals surface area contributed by atoms with Gasteiger partial charge in [-0.3, -0.25) is 9.79 Å². The topological polar surface area (TPSA) is 115 Å². The first-order valence-electron chi connectivity index (χ1n) is 7.85. The monoisotopic (exact) mass is 345 g/mol. The number of oxazole rings is 1. The third kappa shape index (κ3) is 5.83. The summed E-state index contributed by atoms with van der Waals surface area (Å²) < 4.78 is 10.8. The lowest BCUT2D eigenvalue weighted by molar-refractivity contribution is -0.119. The molecule has 2 rings (SSSR count). The Hall–Kier alpha value is -3.03. The van der Waals surface area contributed by atoms with Gasteiger partial charge in [-0.1, -0.05) is 12.1 Å². The van der Waals surface area contributed by atoms with Crippen LogP contribution in [0.1, 0.15) is 22.9 Å². The van der Waals surface area contributed by atoms with Crippen molar-refractivity contribution in [1.29, 1.82) is 0 Å². The van der Waals surface area contributed by atoms with Gasteiger partial charge in [0.2, 0.25) is 5.89 Å². The number of aliphatic imine (C=N–C) groups is 1. The zero-order valence-corrected chi connectivity index (χ0v) is 14.6. The van der Waals surface area contributed by atoms with Crippen LogP contribution in [0, 0.1) is 13.8 Å². The first-order valence-corrected chi connectivity index (χ1v) is 7.85. The lowest BCUT2D eigenvalue weighted by atomic mass is 10.2. The Bertz CT molecular complexity index is 735. The Balaban J connectivity index is 1.85. The highest BCUT2D eigenvalue weighted by Crippen LogP contribution is 2.13. The van der Waals surface area contributed by atoms with Gasteiger partial charge < -0.3 is 25.5 Å². The molecule has 1 heterocycles. The maximum Gasteiger partial charge on any atom is 0.255 e. The Morgan fingerprint density at radius 3 is 2.72 bits per heavy atom. The average Bonchev–Trinajstić information content (AvgIpc) is 2.91. The number of hydrogen-bond donors (Lipinski definition) is 3. The predicted octanol–water partition coefficient (Wildman–Crippen LogP) is 1.02. The number of rotatable bonds is 7. The van der Waals surface area contributed by atoms with Gasteiger partial charge in [0.1, 0.15) is 11.5 Å². The SMILES string of the molecule is CN=C(NCc1cccc(OCC(N)=O)c1)NCc1nc(C)c(C)o1. The Labute approximate surface area is 146 Å². The maximum atomic E-state index is 10.8. The number of amides is 1. The van der Waals surface area contributed by atoms with Gasteiger partial charge >= 0.3 is 0 Å². The van der Waals surface area contributed by atoms with Gasteiger partial charge in [-0.2, -0.15) is 0 Å². The van der Waals surface area contributed by atoms with E-state index in [4.69, 9.17) is 14.9 Å². The van der Waals surface area contributed by atoms with Crippen LogP contribution in [-0.2, 0) is 17.9 Å². The van der Waals surface area contributed by atoms with Gasteiger partial charge in [0.15, 0.2) is 12.6 Å². The molecular formula is C17H23N5O3. The highest BCUT2D eigenvalue weighted by atomic mass is 16.5. The van der Waals surface area contributed by atoms with Crippen molar-refractivity contribution in [2.24, 2.45) is 10.7 Å². The summed E-state index contributed by atoms with van der Waals surface area (Å²) in [5, 5.41) is 6.33. The highest BCUT2D eigenvalue weighted by molar-refractivity contribution is 5.79. The van der Waals surface area contributed by atoms with Crippen LogP contribution in [0.3, 0.4) is 0 Å². The van der Waals surface area contributed by atoms with E-state index in [0.29, 0.717) is 30.7 Å². The van der Waals surface area contributed by atoms with E-state index in [-0.39, 0.29) is 6.61 Å². The highest BCUT2D eigenvalue weighted by Gasteiger charge is 2.06. The van der Waals surface area contributed by atoms with E-state index in [1.54, 1.807) is 13.1 Å². The molecule has 2 aromatic rings. The number of hydrogen-bond acceptors (Lipinski definition) is 5. The summed E-state index contributed by atoms with van der Waals surface area (Å²) in [6.07, 6.45) is 0. The van der Waals surface area contributed by atoms with E-state index in [1.165, 1.54) is 0 Å². The summed E-state index contributed by atoms with van der Waals surface area (Å²) in [5.41, 5.74) is 6.94. The van der Waals surface area contributed by atoms with E-state index < -0.39 is 5.91 Å².